The average molecular weight is 299 g/mol. The van der Waals surface area contributed by atoms with E-state index in [0.29, 0.717) is 12.3 Å². The van der Waals surface area contributed by atoms with Gasteiger partial charge in [0.25, 0.3) is 0 Å². The van der Waals surface area contributed by atoms with Crippen molar-refractivity contribution >= 4 is 12.1 Å². The van der Waals surface area contributed by atoms with Crippen LogP contribution in [0.1, 0.15) is 60.3 Å². The quantitative estimate of drug-likeness (QED) is 0.788. The molecule has 1 aliphatic carbocycles. The highest BCUT2D eigenvalue weighted by molar-refractivity contribution is 5.77. The zero-order valence-electron chi connectivity index (χ0n) is 13.9. The molecule has 0 bridgehead atoms. The molecule has 0 aliphatic heterocycles. The molecule has 1 rings (SSSR count). The molecule has 122 valence electrons. The Morgan fingerprint density at radius 1 is 1.29 bits per heavy atom. The van der Waals surface area contributed by atoms with E-state index < -0.39 is 23.1 Å². The Morgan fingerprint density at radius 3 is 2.19 bits per heavy atom. The third-order valence-electron chi connectivity index (χ3n) is 4.36. The van der Waals surface area contributed by atoms with Crippen LogP contribution in [0.15, 0.2) is 0 Å². The summed E-state index contributed by atoms with van der Waals surface area (Å²) in [5.74, 6) is -0.421. The maximum absolute atomic E-state index is 11.8. The summed E-state index contributed by atoms with van der Waals surface area (Å²) >= 11 is 0. The van der Waals surface area contributed by atoms with E-state index in [1.165, 1.54) is 6.42 Å². The van der Waals surface area contributed by atoms with Gasteiger partial charge in [0.15, 0.2) is 0 Å². The molecule has 1 fully saturated rings. The number of hydrogen-bond donors (Lipinski definition) is 2. The second-order valence-electron chi connectivity index (χ2n) is 7.47. The Hall–Kier alpha value is -1.26. The fourth-order valence-electron chi connectivity index (χ4n) is 2.68. The van der Waals surface area contributed by atoms with E-state index in [4.69, 9.17) is 4.74 Å². The Bertz CT molecular complexity index is 382. The van der Waals surface area contributed by atoms with Gasteiger partial charge >= 0.3 is 12.1 Å². The molecule has 1 atom stereocenters. The van der Waals surface area contributed by atoms with Crippen molar-refractivity contribution in [1.82, 2.24) is 5.32 Å². The summed E-state index contributed by atoms with van der Waals surface area (Å²) in [6, 6.07) is 0. The maximum Gasteiger partial charge on any atom is 0.407 e. The maximum atomic E-state index is 11.8. The minimum absolute atomic E-state index is 0.0504. The minimum atomic E-state index is -0.915. The zero-order valence-corrected chi connectivity index (χ0v) is 13.9. The largest absolute Gasteiger partial charge is 0.481 e. The highest BCUT2D eigenvalue weighted by Gasteiger charge is 2.44. The average Bonchev–Trinajstić information content (AvgIpc) is 2.23. The van der Waals surface area contributed by atoms with Gasteiger partial charge < -0.3 is 15.2 Å². The van der Waals surface area contributed by atoms with Gasteiger partial charge in [0.2, 0.25) is 0 Å². The molecule has 1 aliphatic rings. The van der Waals surface area contributed by atoms with E-state index in [9.17, 15) is 14.7 Å². The number of ether oxygens (including phenoxy) is 1. The Kier molecular flexibility index (Phi) is 5.65. The van der Waals surface area contributed by atoms with Crippen LogP contribution in [0.2, 0.25) is 0 Å². The predicted molar refractivity (Wildman–Crippen MR) is 81.1 cm³/mol. The lowest BCUT2D eigenvalue weighted by Gasteiger charge is -2.39. The van der Waals surface area contributed by atoms with Gasteiger partial charge in [-0.15, -0.1) is 0 Å². The molecular weight excluding hydrogens is 270 g/mol. The van der Waals surface area contributed by atoms with Crippen LogP contribution in [0.4, 0.5) is 4.79 Å². The summed E-state index contributed by atoms with van der Waals surface area (Å²) in [6.45, 7) is 9.29. The molecular formula is C16H29NO4. The Balaban J connectivity index is 2.72. The van der Waals surface area contributed by atoms with Crippen molar-refractivity contribution in [2.24, 2.45) is 17.3 Å². The summed E-state index contributed by atoms with van der Waals surface area (Å²) < 4.78 is 5.19. The summed E-state index contributed by atoms with van der Waals surface area (Å²) in [4.78, 5) is 23.6. The number of rotatable bonds is 6. The Labute approximate surface area is 127 Å². The van der Waals surface area contributed by atoms with E-state index in [0.717, 1.165) is 12.8 Å². The SMILES string of the molecule is CC(C)C(CNC(=O)OC(C)(C)C)(CC1CCC1)C(=O)O. The smallest absolute Gasteiger partial charge is 0.407 e. The topological polar surface area (TPSA) is 75.6 Å². The van der Waals surface area contributed by atoms with Gasteiger partial charge in [-0.1, -0.05) is 33.1 Å². The van der Waals surface area contributed by atoms with Crippen molar-refractivity contribution < 1.29 is 19.4 Å². The molecule has 0 aromatic carbocycles. The number of carboxylic acids is 1. The standard InChI is InChI=1S/C16H29NO4/c1-11(2)16(13(18)19,9-12-7-6-8-12)10-17-14(20)21-15(3,4)5/h11-12H,6-10H2,1-5H3,(H,17,20)(H,18,19). The van der Waals surface area contributed by atoms with Gasteiger partial charge in [-0.2, -0.15) is 0 Å². The zero-order chi connectivity index (χ0) is 16.3. The first-order valence-electron chi connectivity index (χ1n) is 7.77. The van der Waals surface area contributed by atoms with Crippen molar-refractivity contribution in [2.45, 2.75) is 65.9 Å². The molecule has 1 amide bonds. The normalized spacial score (nSPS) is 18.8. The van der Waals surface area contributed by atoms with E-state index in [2.05, 4.69) is 5.32 Å². The van der Waals surface area contributed by atoms with Crippen LogP contribution >= 0.6 is 0 Å². The molecule has 0 aromatic heterocycles. The van der Waals surface area contributed by atoms with Gasteiger partial charge in [0.1, 0.15) is 5.60 Å². The number of amides is 1. The highest BCUT2D eigenvalue weighted by atomic mass is 16.6. The summed E-state index contributed by atoms with van der Waals surface area (Å²) in [6.07, 6.45) is 3.43. The van der Waals surface area contributed by atoms with E-state index in [-0.39, 0.29) is 12.5 Å². The molecule has 0 radical (unpaired) electrons. The number of aliphatic carboxylic acids is 1. The first-order valence-corrected chi connectivity index (χ1v) is 7.77. The fourth-order valence-corrected chi connectivity index (χ4v) is 2.68. The first-order chi connectivity index (χ1) is 9.57. The number of carboxylic acid groups (broad SMARTS) is 1. The summed E-state index contributed by atoms with van der Waals surface area (Å²) in [5.41, 5.74) is -1.50. The first kappa shape index (κ1) is 17.8. The monoisotopic (exact) mass is 299 g/mol. The molecule has 1 saturated carbocycles. The van der Waals surface area contributed by atoms with Gasteiger partial charge in [-0.05, 0) is 39.0 Å². The molecule has 0 heterocycles. The van der Waals surface area contributed by atoms with E-state index in [1.54, 1.807) is 20.8 Å². The van der Waals surface area contributed by atoms with E-state index in [1.807, 2.05) is 13.8 Å². The third kappa shape index (κ3) is 4.90. The van der Waals surface area contributed by atoms with E-state index >= 15 is 0 Å². The fraction of sp³-hybridized carbons (Fsp3) is 0.875. The lowest BCUT2D eigenvalue weighted by molar-refractivity contribution is -0.153. The van der Waals surface area contributed by atoms with Crippen LogP contribution in [-0.4, -0.2) is 29.3 Å². The van der Waals surface area contributed by atoms with Gasteiger partial charge in [0.05, 0.1) is 5.41 Å². The van der Waals surface area contributed by atoms with Gasteiger partial charge in [-0.3, -0.25) is 4.79 Å². The van der Waals surface area contributed by atoms with Crippen LogP contribution in [-0.2, 0) is 9.53 Å². The van der Waals surface area contributed by atoms with Crippen molar-refractivity contribution in [3.05, 3.63) is 0 Å². The molecule has 0 aromatic rings. The molecule has 2 N–H and O–H groups in total. The number of carbonyl (C=O) groups is 2. The third-order valence-corrected chi connectivity index (χ3v) is 4.36. The van der Waals surface area contributed by atoms with Crippen LogP contribution in [0.25, 0.3) is 0 Å². The molecule has 5 heteroatoms. The van der Waals surface area contributed by atoms with Gasteiger partial charge in [-0.25, -0.2) is 4.79 Å². The predicted octanol–water partition coefficient (Wildman–Crippen LogP) is 3.43. The van der Waals surface area contributed by atoms with Crippen LogP contribution < -0.4 is 5.32 Å². The lowest BCUT2D eigenvalue weighted by Crippen LogP contribution is -2.49. The lowest BCUT2D eigenvalue weighted by atomic mass is 9.66. The molecule has 0 saturated heterocycles. The number of carbonyl (C=O) groups excluding carboxylic acids is 1. The van der Waals surface area contributed by atoms with Crippen LogP contribution in [0, 0.1) is 17.3 Å². The number of hydrogen-bond acceptors (Lipinski definition) is 3. The second-order valence-corrected chi connectivity index (χ2v) is 7.47. The van der Waals surface area contributed by atoms with Gasteiger partial charge in [0, 0.05) is 6.54 Å². The minimum Gasteiger partial charge on any atom is -0.481 e. The van der Waals surface area contributed by atoms with Crippen molar-refractivity contribution in [1.29, 1.82) is 0 Å². The molecule has 0 spiro atoms. The molecule has 5 nitrogen and oxygen atoms in total. The van der Waals surface area contributed by atoms with Crippen molar-refractivity contribution in [2.75, 3.05) is 6.54 Å². The molecule has 1 unspecified atom stereocenters. The number of nitrogens with one attached hydrogen (secondary N) is 1. The second kappa shape index (κ2) is 6.67. The van der Waals surface area contributed by atoms with Crippen LogP contribution in [0.3, 0.4) is 0 Å². The molecule has 21 heavy (non-hydrogen) atoms. The summed E-state index contributed by atoms with van der Waals surface area (Å²) in [7, 11) is 0. The number of alkyl carbamates (subject to hydrolysis) is 1. The van der Waals surface area contributed by atoms with Crippen LogP contribution in [0.5, 0.6) is 0 Å². The van der Waals surface area contributed by atoms with Crippen molar-refractivity contribution in [3.63, 3.8) is 0 Å². The van der Waals surface area contributed by atoms with Crippen molar-refractivity contribution in [3.8, 4) is 0 Å². The Morgan fingerprint density at radius 2 is 1.86 bits per heavy atom. The summed E-state index contributed by atoms with van der Waals surface area (Å²) in [5, 5.41) is 12.4. The highest BCUT2D eigenvalue weighted by Crippen LogP contribution is 2.41.